The van der Waals surface area contributed by atoms with Crippen LogP contribution < -0.4 is 0 Å². The van der Waals surface area contributed by atoms with Crippen LogP contribution in [0.25, 0.3) is 0 Å². The molecule has 19 heavy (non-hydrogen) atoms. The van der Waals surface area contributed by atoms with Crippen LogP contribution >= 0.6 is 0 Å². The maximum Gasteiger partial charge on any atom is 0.297 e. The summed E-state index contributed by atoms with van der Waals surface area (Å²) in [6.07, 6.45) is 9.10. The van der Waals surface area contributed by atoms with E-state index >= 15 is 0 Å². The van der Waals surface area contributed by atoms with E-state index < -0.39 is 10.1 Å². The fourth-order valence-electron chi connectivity index (χ4n) is 2.36. The minimum Gasteiger partial charge on any atom is -0.258 e. The molecule has 0 aliphatic heterocycles. The Labute approximate surface area is 113 Å². The fraction of sp³-hybridized carbons (Fsp3) is 0.200. The van der Waals surface area contributed by atoms with Gasteiger partial charge in [0, 0.05) is 6.42 Å². The van der Waals surface area contributed by atoms with Crippen molar-refractivity contribution in [2.45, 2.75) is 23.8 Å². The zero-order valence-electron chi connectivity index (χ0n) is 10.3. The van der Waals surface area contributed by atoms with Crippen LogP contribution in [-0.4, -0.2) is 14.5 Å². The molecule has 0 radical (unpaired) electrons. The predicted octanol–water partition coefficient (Wildman–Crippen LogP) is 2.98. The molecule has 0 fully saturated rings. The standard InChI is InChI=1S/C15H14O3S/c16-19(17,15-8-2-1-3-9-15)18-14-10-12-6-4-5-7-13(12)11-14/h1-6,8-9,11,14H,7,10H2. The van der Waals surface area contributed by atoms with E-state index in [1.54, 1.807) is 30.3 Å². The highest BCUT2D eigenvalue weighted by molar-refractivity contribution is 7.86. The van der Waals surface area contributed by atoms with E-state index in [0.717, 1.165) is 6.42 Å². The van der Waals surface area contributed by atoms with E-state index in [1.807, 2.05) is 18.2 Å². The number of hydrogen-bond acceptors (Lipinski definition) is 3. The largest absolute Gasteiger partial charge is 0.297 e. The molecule has 0 spiro atoms. The summed E-state index contributed by atoms with van der Waals surface area (Å²) in [6.45, 7) is 0. The monoisotopic (exact) mass is 274 g/mol. The van der Waals surface area contributed by atoms with Gasteiger partial charge in [-0.05, 0) is 29.7 Å². The second-order valence-electron chi connectivity index (χ2n) is 4.62. The number of allylic oxidation sites excluding steroid dienone is 4. The number of rotatable bonds is 3. The molecule has 0 amide bonds. The lowest BCUT2D eigenvalue weighted by atomic mass is 10.0. The first-order valence-corrected chi connectivity index (χ1v) is 7.61. The molecule has 0 bridgehead atoms. The Hall–Kier alpha value is -1.65. The lowest BCUT2D eigenvalue weighted by Gasteiger charge is -2.10. The van der Waals surface area contributed by atoms with Crippen molar-refractivity contribution in [3.63, 3.8) is 0 Å². The predicted molar refractivity (Wildman–Crippen MR) is 73.0 cm³/mol. The summed E-state index contributed by atoms with van der Waals surface area (Å²) in [5.74, 6) is 0. The van der Waals surface area contributed by atoms with Gasteiger partial charge in [-0.2, -0.15) is 8.42 Å². The molecule has 2 aliphatic rings. The summed E-state index contributed by atoms with van der Waals surface area (Å²) in [5, 5.41) is 0. The third kappa shape index (κ3) is 2.55. The van der Waals surface area contributed by atoms with Crippen molar-refractivity contribution in [1.82, 2.24) is 0 Å². The number of benzene rings is 1. The molecular formula is C15H14O3S. The Morgan fingerprint density at radius 2 is 1.89 bits per heavy atom. The summed E-state index contributed by atoms with van der Waals surface area (Å²) in [6, 6.07) is 8.25. The summed E-state index contributed by atoms with van der Waals surface area (Å²) in [7, 11) is -3.68. The first-order valence-electron chi connectivity index (χ1n) is 6.20. The molecule has 0 heterocycles. The summed E-state index contributed by atoms with van der Waals surface area (Å²) < 4.78 is 29.5. The molecule has 2 aliphatic carbocycles. The number of hydrogen-bond donors (Lipinski definition) is 0. The molecule has 0 aromatic heterocycles. The van der Waals surface area contributed by atoms with Crippen molar-refractivity contribution >= 4 is 10.1 Å². The summed E-state index contributed by atoms with van der Waals surface area (Å²) in [5.41, 5.74) is 2.35. The van der Waals surface area contributed by atoms with Crippen LogP contribution in [0.4, 0.5) is 0 Å². The van der Waals surface area contributed by atoms with Crippen molar-refractivity contribution in [1.29, 1.82) is 0 Å². The van der Waals surface area contributed by atoms with E-state index in [0.29, 0.717) is 6.42 Å². The van der Waals surface area contributed by atoms with Gasteiger partial charge in [0.15, 0.2) is 0 Å². The van der Waals surface area contributed by atoms with Gasteiger partial charge in [-0.1, -0.05) is 42.5 Å². The minimum atomic E-state index is -3.68. The van der Waals surface area contributed by atoms with Crippen molar-refractivity contribution in [3.05, 3.63) is 65.8 Å². The van der Waals surface area contributed by atoms with E-state index in [4.69, 9.17) is 4.18 Å². The smallest absolute Gasteiger partial charge is 0.258 e. The summed E-state index contributed by atoms with van der Waals surface area (Å²) >= 11 is 0. The van der Waals surface area contributed by atoms with Gasteiger partial charge >= 0.3 is 0 Å². The maximum atomic E-state index is 12.1. The van der Waals surface area contributed by atoms with Crippen molar-refractivity contribution < 1.29 is 12.6 Å². The van der Waals surface area contributed by atoms with E-state index in [1.165, 1.54) is 11.1 Å². The lowest BCUT2D eigenvalue weighted by molar-refractivity contribution is 0.262. The zero-order valence-corrected chi connectivity index (χ0v) is 11.1. The first kappa shape index (κ1) is 12.4. The highest BCUT2D eigenvalue weighted by Gasteiger charge is 2.27. The third-order valence-corrected chi connectivity index (χ3v) is 4.62. The molecule has 0 saturated carbocycles. The quantitative estimate of drug-likeness (QED) is 0.796. The molecule has 0 saturated heterocycles. The Balaban J connectivity index is 1.79. The Kier molecular flexibility index (Phi) is 3.12. The molecule has 3 nitrogen and oxygen atoms in total. The van der Waals surface area contributed by atoms with Gasteiger partial charge in [-0.15, -0.1) is 0 Å². The first-order chi connectivity index (χ1) is 9.15. The SMILES string of the molecule is O=S(=O)(OC1C=C2CC=CC=C2C1)c1ccccc1. The van der Waals surface area contributed by atoms with Crippen LogP contribution in [0.3, 0.4) is 0 Å². The Morgan fingerprint density at radius 3 is 2.63 bits per heavy atom. The Bertz CT molecular complexity index is 667. The summed E-state index contributed by atoms with van der Waals surface area (Å²) in [4.78, 5) is 0.204. The molecule has 0 N–H and O–H groups in total. The lowest BCUT2D eigenvalue weighted by Crippen LogP contribution is -2.14. The molecular weight excluding hydrogens is 260 g/mol. The third-order valence-electron chi connectivity index (χ3n) is 3.27. The average molecular weight is 274 g/mol. The van der Waals surface area contributed by atoms with Gasteiger partial charge in [0.05, 0.1) is 4.90 Å². The van der Waals surface area contributed by atoms with E-state index in [2.05, 4.69) is 6.08 Å². The highest BCUT2D eigenvalue weighted by Crippen LogP contribution is 2.33. The van der Waals surface area contributed by atoms with Gasteiger partial charge in [-0.25, -0.2) is 0 Å². The second-order valence-corrected chi connectivity index (χ2v) is 6.19. The molecule has 4 heteroatoms. The normalized spacial score (nSPS) is 21.8. The molecule has 3 rings (SSSR count). The second kappa shape index (κ2) is 4.79. The van der Waals surface area contributed by atoms with Gasteiger partial charge < -0.3 is 0 Å². The highest BCUT2D eigenvalue weighted by atomic mass is 32.2. The van der Waals surface area contributed by atoms with Gasteiger partial charge in [0.1, 0.15) is 6.10 Å². The average Bonchev–Trinajstić information content (AvgIpc) is 2.81. The van der Waals surface area contributed by atoms with E-state index in [9.17, 15) is 8.42 Å². The topological polar surface area (TPSA) is 43.4 Å². The van der Waals surface area contributed by atoms with Crippen molar-refractivity contribution in [2.75, 3.05) is 0 Å². The van der Waals surface area contributed by atoms with Gasteiger partial charge in [0.2, 0.25) is 0 Å². The van der Waals surface area contributed by atoms with Crippen molar-refractivity contribution in [3.8, 4) is 0 Å². The minimum absolute atomic E-state index is 0.204. The molecule has 1 aromatic carbocycles. The maximum absolute atomic E-state index is 12.1. The fourth-order valence-corrected chi connectivity index (χ4v) is 3.41. The van der Waals surface area contributed by atoms with Crippen molar-refractivity contribution in [2.24, 2.45) is 0 Å². The molecule has 98 valence electrons. The van der Waals surface area contributed by atoms with Gasteiger partial charge in [0.25, 0.3) is 10.1 Å². The van der Waals surface area contributed by atoms with Crippen LogP contribution in [0.5, 0.6) is 0 Å². The number of fused-ring (bicyclic) bond motifs is 1. The van der Waals surface area contributed by atoms with Crippen LogP contribution in [0.2, 0.25) is 0 Å². The van der Waals surface area contributed by atoms with Gasteiger partial charge in [-0.3, -0.25) is 4.18 Å². The Morgan fingerprint density at radius 1 is 1.11 bits per heavy atom. The van der Waals surface area contributed by atoms with E-state index in [-0.39, 0.29) is 11.0 Å². The van der Waals surface area contributed by atoms with Crippen LogP contribution in [0.15, 0.2) is 70.7 Å². The molecule has 1 aromatic rings. The zero-order chi connectivity index (χ0) is 13.3. The van der Waals surface area contributed by atoms with Crippen LogP contribution in [-0.2, 0) is 14.3 Å². The molecule has 1 atom stereocenters. The van der Waals surface area contributed by atoms with Crippen LogP contribution in [0.1, 0.15) is 12.8 Å². The van der Waals surface area contributed by atoms with Crippen LogP contribution in [0, 0.1) is 0 Å². The molecule has 1 unspecified atom stereocenters.